The summed E-state index contributed by atoms with van der Waals surface area (Å²) >= 11 is 6.18. The second kappa shape index (κ2) is 38.0. The molecule has 0 spiro atoms. The van der Waals surface area contributed by atoms with Crippen LogP contribution in [0.5, 0.6) is 0 Å². The van der Waals surface area contributed by atoms with E-state index in [-0.39, 0.29) is 11.8 Å². The van der Waals surface area contributed by atoms with Gasteiger partial charge in [0, 0.05) is 41.9 Å². The highest BCUT2D eigenvalue weighted by Gasteiger charge is 2.31. The third kappa shape index (κ3) is 24.0. The number of benzene rings is 2. The Morgan fingerprint density at radius 3 is 2.14 bits per heavy atom. The number of methoxy groups -OCH3 is 1. The number of hydrogen-bond acceptors (Lipinski definition) is 7. The van der Waals surface area contributed by atoms with Crippen molar-refractivity contribution in [2.45, 2.75) is 256 Å². The zero-order valence-electron chi connectivity index (χ0n) is 56.4. The van der Waals surface area contributed by atoms with Gasteiger partial charge in [-0.25, -0.2) is 0 Å². The summed E-state index contributed by atoms with van der Waals surface area (Å²) in [6, 6.07) is 16.1. The molecule has 1 aromatic heterocycles. The normalized spacial score (nSPS) is 19.9. The minimum atomic E-state index is -0.0839. The number of ether oxygens (including phenoxy) is 1. The maximum Gasteiger partial charge on any atom is 0.163 e. The molecule has 470 valence electrons. The van der Waals surface area contributed by atoms with Gasteiger partial charge in [0.2, 0.25) is 0 Å². The van der Waals surface area contributed by atoms with E-state index < -0.39 is 0 Å². The number of aromatic nitrogens is 1. The van der Waals surface area contributed by atoms with Crippen molar-refractivity contribution in [2.75, 3.05) is 56.9 Å². The lowest BCUT2D eigenvalue weighted by Gasteiger charge is -2.35. The number of anilines is 3. The van der Waals surface area contributed by atoms with Crippen molar-refractivity contribution in [3.63, 3.8) is 0 Å². The summed E-state index contributed by atoms with van der Waals surface area (Å²) in [6.45, 7) is 28.9. The number of nitrogens with one attached hydrogen (secondary N) is 2. The van der Waals surface area contributed by atoms with E-state index in [0.29, 0.717) is 24.5 Å². The quantitative estimate of drug-likeness (QED) is 0.0341. The molecule has 5 aliphatic rings. The molecule has 3 heterocycles. The zero-order chi connectivity index (χ0) is 61.8. The van der Waals surface area contributed by atoms with Gasteiger partial charge >= 0.3 is 0 Å². The molecule has 3 aromatic rings. The topological polar surface area (TPSA) is 83.6 Å². The first-order valence-corrected chi connectivity index (χ1v) is 34.2. The highest BCUT2D eigenvalue weighted by atomic mass is 35.5. The number of carbonyl (C=O) groups is 2. The van der Waals surface area contributed by atoms with E-state index in [1.165, 1.54) is 133 Å². The van der Waals surface area contributed by atoms with Gasteiger partial charge in [0.1, 0.15) is 18.1 Å². The van der Waals surface area contributed by atoms with Crippen molar-refractivity contribution in [1.29, 1.82) is 0 Å². The molecule has 3 saturated carbocycles. The molecule has 6 atom stereocenters. The fraction of sp³-hybridized carbons (Fsp3) is 0.667. The van der Waals surface area contributed by atoms with Crippen molar-refractivity contribution >= 4 is 45.8 Å². The number of pyridine rings is 1. The number of halogens is 1. The average Bonchev–Trinajstić information content (AvgIpc) is 3.08. The monoisotopic (exact) mass is 1170 g/mol. The lowest BCUT2D eigenvalue weighted by Crippen LogP contribution is -2.44. The summed E-state index contributed by atoms with van der Waals surface area (Å²) in [7, 11) is 8.25. The smallest absolute Gasteiger partial charge is 0.163 e. The predicted molar refractivity (Wildman–Crippen MR) is 365 cm³/mol. The van der Waals surface area contributed by atoms with Crippen LogP contribution in [-0.2, 0) is 9.53 Å². The highest BCUT2D eigenvalue weighted by molar-refractivity contribution is 6.31. The number of rotatable bonds is 22. The number of aryl methyl sites for hydroxylation is 3. The average molecular weight is 1180 g/mol. The molecular weight excluding hydrogens is 1050 g/mol. The van der Waals surface area contributed by atoms with E-state index in [9.17, 15) is 9.59 Å². The largest absolute Gasteiger partial charge is 0.500 e. The third-order valence-corrected chi connectivity index (χ3v) is 19.3. The minimum absolute atomic E-state index is 0.0839. The fourth-order valence-corrected chi connectivity index (χ4v) is 12.6. The lowest BCUT2D eigenvalue weighted by atomic mass is 9.76. The van der Waals surface area contributed by atoms with Crippen LogP contribution < -0.4 is 15.5 Å². The zero-order valence-corrected chi connectivity index (χ0v) is 57.2. The standard InChI is InChI=1S/C28H37N4O2.C19H24ClNO.C19H40.C5H10.C4H10/c1-19-11-12-23-25(15-19)31(3)28(30-23)10-8-7-9-26(33)21-16-20(2)29-24(17-21)22-18-32(4,5)14-13-27(22)34-6;1-12-6-7-15(11-17(12)20)21-18-9-8-16(14-4-3-5-14)13(2)10-19(18)22;1-7-10-11-13-17(5)18(6)19(12-8-2)15-14-16(4)9-3;1-2-4-5-3-1;1-3-4-2/h10-12,15-17,30H,7-9,13-14,18H2,1-6H3;6-7,11,13,18,21H,3-5,8-10H2,1-2H3;16-19H,7-15H2,1-6H3;1-5H2;3-4H2,1-2H3/q+1;;;;/b28-10-;;;;. The summed E-state index contributed by atoms with van der Waals surface area (Å²) in [5.74, 6) is 6.70. The number of fused-ring (bicyclic) bond motifs is 1. The minimum Gasteiger partial charge on any atom is -0.500 e. The van der Waals surface area contributed by atoms with E-state index in [1.54, 1.807) is 18.3 Å². The molecule has 8 rings (SSSR count). The summed E-state index contributed by atoms with van der Waals surface area (Å²) in [6.07, 6.45) is 34.5. The maximum absolute atomic E-state index is 13.1. The Morgan fingerprint density at radius 1 is 0.833 bits per heavy atom. The van der Waals surface area contributed by atoms with Crippen LogP contribution >= 0.6 is 11.6 Å². The van der Waals surface area contributed by atoms with E-state index in [4.69, 9.17) is 21.3 Å². The van der Waals surface area contributed by atoms with E-state index in [0.717, 1.165) is 129 Å². The number of Topliss-reactive ketones (excluding diaryl/α,β-unsaturated/α-hetero) is 2. The van der Waals surface area contributed by atoms with Crippen LogP contribution in [0.25, 0.3) is 5.57 Å². The number of hydrogen-bond donors (Lipinski definition) is 2. The highest BCUT2D eigenvalue weighted by Crippen LogP contribution is 2.39. The van der Waals surface area contributed by atoms with Crippen LogP contribution in [-0.4, -0.2) is 68.4 Å². The van der Waals surface area contributed by atoms with E-state index >= 15 is 0 Å². The van der Waals surface area contributed by atoms with Crippen LogP contribution in [0.1, 0.15) is 262 Å². The molecule has 0 saturated heterocycles. The summed E-state index contributed by atoms with van der Waals surface area (Å²) in [5.41, 5.74) is 12.4. The van der Waals surface area contributed by atoms with Gasteiger partial charge in [0.25, 0.3) is 0 Å². The van der Waals surface area contributed by atoms with Gasteiger partial charge in [-0.1, -0.05) is 194 Å². The number of allylic oxidation sites excluding steroid dienone is 3. The molecule has 3 fully saturated rings. The molecular formula is C75H121ClN5O3+. The van der Waals surface area contributed by atoms with Crippen molar-refractivity contribution in [2.24, 2.45) is 29.6 Å². The molecule has 84 heavy (non-hydrogen) atoms. The Labute approximate surface area is 519 Å². The molecule has 2 N–H and O–H groups in total. The van der Waals surface area contributed by atoms with Gasteiger partial charge < -0.3 is 24.8 Å². The van der Waals surface area contributed by atoms with Gasteiger partial charge in [-0.05, 0) is 155 Å². The van der Waals surface area contributed by atoms with Crippen molar-refractivity contribution in [3.8, 4) is 0 Å². The SMILES string of the molecule is C1CCCC1.CCCC.CCCCCC(C)C(C)C(CCC)CCC(C)CC.COC1=C(c2cc(C(=O)CCC/C=C3/Nc4ccc(C)cc4N3C)cc(C)n2)C[N+](C)(C)CC1.Cc1ccc(NC2CCC(=C3CCC3)C(C)CC2=O)cc1Cl. The molecule has 6 unspecified atom stereocenters. The van der Waals surface area contributed by atoms with E-state index in [2.05, 4.69) is 130 Å². The lowest BCUT2D eigenvalue weighted by molar-refractivity contribution is -0.884. The van der Waals surface area contributed by atoms with Gasteiger partial charge in [-0.2, -0.15) is 0 Å². The van der Waals surface area contributed by atoms with Crippen molar-refractivity contribution in [1.82, 2.24) is 4.98 Å². The number of likely N-dealkylation sites (N-methyl/N-ethyl adjacent to an activating group) is 1. The number of carbonyl (C=O) groups excluding carboxylic acids is 2. The maximum atomic E-state index is 13.1. The Kier molecular flexibility index (Phi) is 32.6. The third-order valence-electron chi connectivity index (χ3n) is 18.9. The number of nitrogens with zero attached hydrogens (tertiary/aromatic N) is 3. The molecule has 2 aliphatic heterocycles. The van der Waals surface area contributed by atoms with Crippen LogP contribution in [0, 0.1) is 50.4 Å². The summed E-state index contributed by atoms with van der Waals surface area (Å²) < 4.78 is 6.58. The molecule has 2 aromatic carbocycles. The first kappa shape index (κ1) is 72.1. The first-order chi connectivity index (χ1) is 40.2. The van der Waals surface area contributed by atoms with Gasteiger partial charge in [0.15, 0.2) is 11.6 Å². The summed E-state index contributed by atoms with van der Waals surface area (Å²) in [4.78, 5) is 32.5. The first-order valence-electron chi connectivity index (χ1n) is 33.9. The van der Waals surface area contributed by atoms with Gasteiger partial charge in [-0.15, -0.1) is 0 Å². The van der Waals surface area contributed by atoms with Crippen molar-refractivity contribution < 1.29 is 18.8 Å². The molecule has 0 bridgehead atoms. The Morgan fingerprint density at radius 2 is 1.54 bits per heavy atom. The number of ketones is 2. The van der Waals surface area contributed by atoms with Crippen LogP contribution in [0.2, 0.25) is 5.02 Å². The number of unbranched alkanes of at least 4 members (excludes halogenated alkanes) is 4. The Hall–Kier alpha value is -4.40. The van der Waals surface area contributed by atoms with Crippen LogP contribution in [0.4, 0.5) is 17.1 Å². The van der Waals surface area contributed by atoms with Crippen LogP contribution in [0.15, 0.2) is 77.3 Å². The van der Waals surface area contributed by atoms with Gasteiger partial charge in [-0.3, -0.25) is 14.6 Å². The Bertz CT molecular complexity index is 2540. The molecule has 0 radical (unpaired) electrons. The number of quaternary nitrogens is 1. The predicted octanol–water partition coefficient (Wildman–Crippen LogP) is 21.4. The van der Waals surface area contributed by atoms with Crippen LogP contribution in [0.3, 0.4) is 0 Å². The van der Waals surface area contributed by atoms with Gasteiger partial charge in [0.05, 0.1) is 62.9 Å². The summed E-state index contributed by atoms with van der Waals surface area (Å²) in [5, 5.41) is 7.62. The molecule has 8 nitrogen and oxygen atoms in total. The molecule has 3 aliphatic carbocycles. The second-order valence-electron chi connectivity index (χ2n) is 26.7. The Balaban J connectivity index is 0.000000262. The molecule has 0 amide bonds. The van der Waals surface area contributed by atoms with E-state index in [1.807, 2.05) is 44.2 Å². The molecule has 9 heteroatoms. The fourth-order valence-electron chi connectivity index (χ4n) is 12.4. The van der Waals surface area contributed by atoms with Crippen molar-refractivity contribution in [3.05, 3.63) is 110 Å². The second-order valence-corrected chi connectivity index (χ2v) is 27.1.